The molecule has 1 aromatic heterocycles. The van der Waals surface area contributed by atoms with Crippen LogP contribution in [0, 0.1) is 0 Å². The van der Waals surface area contributed by atoms with Gasteiger partial charge in [-0.25, -0.2) is 9.59 Å². The summed E-state index contributed by atoms with van der Waals surface area (Å²) in [5, 5.41) is 12.3. The third kappa shape index (κ3) is 6.51. The number of ether oxygens (including phenoxy) is 2. The van der Waals surface area contributed by atoms with Crippen LogP contribution >= 0.6 is 11.6 Å². The lowest BCUT2D eigenvalue weighted by Gasteiger charge is -2.48. The number of carbonyl (C=O) groups is 2. The Kier molecular flexibility index (Phi) is 7.57. The molecule has 0 aliphatic carbocycles. The van der Waals surface area contributed by atoms with Gasteiger partial charge in [0.25, 0.3) is 0 Å². The topological polar surface area (TPSA) is 100 Å². The van der Waals surface area contributed by atoms with Crippen LogP contribution in [0.3, 0.4) is 0 Å². The Labute approximate surface area is 218 Å². The molecule has 2 unspecified atom stereocenters. The molecule has 0 saturated carbocycles. The minimum absolute atomic E-state index is 0.110. The molecular formula is C25H39ClN6O4. The van der Waals surface area contributed by atoms with E-state index < -0.39 is 17.3 Å². The minimum atomic E-state index is -0.612. The van der Waals surface area contributed by atoms with Gasteiger partial charge in [0.15, 0.2) is 11.0 Å². The molecule has 0 radical (unpaired) electrons. The molecule has 11 heteroatoms. The number of anilines is 2. The first-order valence-electron chi connectivity index (χ1n) is 12.8. The largest absolute Gasteiger partial charge is 0.444 e. The number of aromatic nitrogens is 2. The first kappa shape index (κ1) is 26.7. The Hall–Kier alpha value is -2.33. The summed E-state index contributed by atoms with van der Waals surface area (Å²) in [6, 6.07) is 2.56. The molecule has 4 rings (SSSR count). The van der Waals surface area contributed by atoms with Crippen LogP contribution in [0.15, 0.2) is 6.07 Å². The van der Waals surface area contributed by atoms with E-state index in [1.807, 2.05) is 41.5 Å². The van der Waals surface area contributed by atoms with E-state index in [1.165, 1.54) is 0 Å². The first-order valence-corrected chi connectivity index (χ1v) is 13.2. The quantitative estimate of drug-likeness (QED) is 0.616. The first-order chi connectivity index (χ1) is 16.8. The highest BCUT2D eigenvalue weighted by molar-refractivity contribution is 6.29. The molecule has 0 aromatic carbocycles. The van der Waals surface area contributed by atoms with Crippen molar-refractivity contribution in [1.82, 2.24) is 20.4 Å². The van der Waals surface area contributed by atoms with E-state index in [4.69, 9.17) is 21.1 Å². The van der Waals surface area contributed by atoms with Gasteiger partial charge in [-0.15, -0.1) is 10.2 Å². The highest BCUT2D eigenvalue weighted by atomic mass is 35.5. The number of rotatable bonds is 2. The summed E-state index contributed by atoms with van der Waals surface area (Å²) >= 11 is 6.18. The van der Waals surface area contributed by atoms with Gasteiger partial charge >= 0.3 is 12.2 Å². The molecule has 0 spiro atoms. The van der Waals surface area contributed by atoms with Crippen LogP contribution in [0.25, 0.3) is 0 Å². The number of carbonyl (C=O) groups excluding carboxylic acids is 2. The number of nitrogens with one attached hydrogen (secondary N) is 1. The van der Waals surface area contributed by atoms with Crippen molar-refractivity contribution in [3.8, 4) is 0 Å². The molecule has 3 aliphatic rings. The van der Waals surface area contributed by atoms with Crippen molar-refractivity contribution >= 4 is 35.3 Å². The van der Waals surface area contributed by atoms with Crippen LogP contribution in [0.1, 0.15) is 67.2 Å². The molecule has 36 heavy (non-hydrogen) atoms. The van der Waals surface area contributed by atoms with Crippen molar-refractivity contribution in [2.24, 2.45) is 0 Å². The highest BCUT2D eigenvalue weighted by Gasteiger charge is 2.41. The normalized spacial score (nSPS) is 23.1. The number of hydrogen-bond acceptors (Lipinski definition) is 8. The number of fused-ring (bicyclic) bond motifs is 3. The van der Waals surface area contributed by atoms with Gasteiger partial charge < -0.3 is 24.6 Å². The summed E-state index contributed by atoms with van der Waals surface area (Å²) in [6.45, 7) is 13.9. The summed E-state index contributed by atoms with van der Waals surface area (Å²) < 4.78 is 11.2. The van der Waals surface area contributed by atoms with Gasteiger partial charge in [0.2, 0.25) is 0 Å². The lowest BCUT2D eigenvalue weighted by atomic mass is 9.92. The predicted octanol–water partition coefficient (Wildman–Crippen LogP) is 4.21. The van der Waals surface area contributed by atoms with Gasteiger partial charge in [0.1, 0.15) is 11.2 Å². The average molecular weight is 523 g/mol. The molecule has 0 bridgehead atoms. The van der Waals surface area contributed by atoms with E-state index in [0.717, 1.165) is 37.9 Å². The van der Waals surface area contributed by atoms with Gasteiger partial charge in [-0.2, -0.15) is 0 Å². The molecule has 4 heterocycles. The Morgan fingerprint density at radius 3 is 2.19 bits per heavy atom. The Bertz CT molecular complexity index is 970. The zero-order valence-corrected chi connectivity index (χ0v) is 23.0. The Balaban J connectivity index is 1.38. The van der Waals surface area contributed by atoms with Gasteiger partial charge in [-0.05, 0) is 67.2 Å². The van der Waals surface area contributed by atoms with Crippen molar-refractivity contribution in [2.45, 2.75) is 96.6 Å². The van der Waals surface area contributed by atoms with Crippen LogP contribution < -0.4 is 15.1 Å². The molecule has 2 fully saturated rings. The van der Waals surface area contributed by atoms with E-state index in [1.54, 1.807) is 15.9 Å². The van der Waals surface area contributed by atoms with Crippen LogP contribution in [-0.2, 0) is 9.47 Å². The smallest absolute Gasteiger partial charge is 0.416 e. The number of hydrogen-bond donors (Lipinski definition) is 1. The highest BCUT2D eigenvalue weighted by Crippen LogP contribution is 2.39. The summed E-state index contributed by atoms with van der Waals surface area (Å²) in [4.78, 5) is 31.1. The van der Waals surface area contributed by atoms with E-state index in [0.29, 0.717) is 42.7 Å². The maximum absolute atomic E-state index is 13.0. The number of amides is 2. The van der Waals surface area contributed by atoms with Gasteiger partial charge in [-0.1, -0.05) is 11.6 Å². The molecule has 10 nitrogen and oxygen atoms in total. The van der Waals surface area contributed by atoms with E-state index in [-0.39, 0.29) is 12.1 Å². The van der Waals surface area contributed by atoms with Crippen molar-refractivity contribution in [3.05, 3.63) is 11.2 Å². The van der Waals surface area contributed by atoms with Gasteiger partial charge in [0, 0.05) is 43.8 Å². The number of piperidine rings is 2. The zero-order chi connectivity index (χ0) is 26.3. The maximum atomic E-state index is 13.0. The lowest BCUT2D eigenvalue weighted by molar-refractivity contribution is 0.0194. The fourth-order valence-electron chi connectivity index (χ4n) is 5.11. The Morgan fingerprint density at radius 1 is 0.944 bits per heavy atom. The summed E-state index contributed by atoms with van der Waals surface area (Å²) in [5.74, 6) is 0.492. The van der Waals surface area contributed by atoms with Crippen LogP contribution in [0.4, 0.5) is 21.1 Å². The van der Waals surface area contributed by atoms with Crippen molar-refractivity contribution in [2.75, 3.05) is 36.0 Å². The maximum Gasteiger partial charge on any atom is 0.416 e. The lowest BCUT2D eigenvalue weighted by Crippen LogP contribution is -2.59. The van der Waals surface area contributed by atoms with E-state index in [9.17, 15) is 9.59 Å². The molecule has 1 aromatic rings. The predicted molar refractivity (Wildman–Crippen MR) is 139 cm³/mol. The Morgan fingerprint density at radius 2 is 1.56 bits per heavy atom. The second kappa shape index (κ2) is 10.2. The number of nitrogens with zero attached hydrogens (tertiary/aromatic N) is 5. The van der Waals surface area contributed by atoms with Gasteiger partial charge in [0.05, 0.1) is 12.2 Å². The monoisotopic (exact) mass is 522 g/mol. The fourth-order valence-corrected chi connectivity index (χ4v) is 5.25. The van der Waals surface area contributed by atoms with Crippen molar-refractivity contribution < 1.29 is 19.1 Å². The third-order valence-corrected chi connectivity index (χ3v) is 6.82. The summed E-state index contributed by atoms with van der Waals surface area (Å²) in [7, 11) is 0. The molecule has 3 aliphatic heterocycles. The summed E-state index contributed by atoms with van der Waals surface area (Å²) in [6.07, 6.45) is 2.97. The SMILES string of the molecule is CC(C)(C)OC(=O)N1CCC(NC2CCN3c4cc(Cl)nnc4N(C(=O)OC(C)(C)C)CC3C2)CC1. The van der Waals surface area contributed by atoms with Gasteiger partial charge in [-0.3, -0.25) is 4.90 Å². The second-order valence-electron chi connectivity index (χ2n) is 11.9. The van der Waals surface area contributed by atoms with Crippen molar-refractivity contribution in [1.29, 1.82) is 0 Å². The van der Waals surface area contributed by atoms with Crippen LogP contribution in [-0.4, -0.2) is 82.8 Å². The minimum Gasteiger partial charge on any atom is -0.444 e. The van der Waals surface area contributed by atoms with Crippen LogP contribution in [0.2, 0.25) is 5.15 Å². The molecule has 200 valence electrons. The molecule has 2 saturated heterocycles. The zero-order valence-electron chi connectivity index (χ0n) is 22.2. The second-order valence-corrected chi connectivity index (χ2v) is 12.3. The standard InChI is InChI=1S/C25H39ClN6O4/c1-24(2,3)35-22(33)30-10-7-16(8-11-30)27-17-9-12-31-18(13-17)15-32(23(34)36-25(4,5)6)21-19(31)14-20(26)28-29-21/h14,16-18,27H,7-13,15H2,1-6H3. The summed E-state index contributed by atoms with van der Waals surface area (Å²) in [5.41, 5.74) is -0.276. The molecule has 2 atom stereocenters. The van der Waals surface area contributed by atoms with E-state index >= 15 is 0 Å². The number of halogens is 1. The van der Waals surface area contributed by atoms with Crippen molar-refractivity contribution in [3.63, 3.8) is 0 Å². The fraction of sp³-hybridized carbons (Fsp3) is 0.760. The van der Waals surface area contributed by atoms with Crippen LogP contribution in [0.5, 0.6) is 0 Å². The van der Waals surface area contributed by atoms with E-state index in [2.05, 4.69) is 20.4 Å². The third-order valence-electron chi connectivity index (χ3n) is 6.63. The number of likely N-dealkylation sites (tertiary alicyclic amines) is 1. The molecule has 2 amide bonds. The average Bonchev–Trinajstić information content (AvgIpc) is 2.76. The molecule has 1 N–H and O–H groups in total. The molecular weight excluding hydrogens is 484 g/mol.